The van der Waals surface area contributed by atoms with Gasteiger partial charge in [-0.25, -0.2) is 4.79 Å². The van der Waals surface area contributed by atoms with E-state index in [0.29, 0.717) is 12.2 Å². The Hall–Kier alpha value is -3.09. The van der Waals surface area contributed by atoms with Crippen molar-refractivity contribution in [2.24, 2.45) is 11.7 Å². The minimum Gasteiger partial charge on any atom is -0.480 e. The maximum atomic E-state index is 13.2. The molecule has 5 unspecified atom stereocenters. The number of carbonyl (C=O) groups excluding carboxylic acids is 3. The third kappa shape index (κ3) is 9.03. The van der Waals surface area contributed by atoms with Gasteiger partial charge in [0.05, 0.1) is 12.1 Å². The Balaban J connectivity index is 2.14. The minimum absolute atomic E-state index is 0.0361. The molecule has 0 aliphatic heterocycles. The monoisotopic (exact) mass is 549 g/mol. The largest absolute Gasteiger partial charge is 0.480 e. The van der Waals surface area contributed by atoms with Crippen molar-refractivity contribution in [1.29, 1.82) is 0 Å². The number of amides is 3. The molecule has 210 valence electrons. The summed E-state index contributed by atoms with van der Waals surface area (Å²) >= 11 is 1.45. The van der Waals surface area contributed by atoms with Crippen LogP contribution >= 0.6 is 11.8 Å². The van der Waals surface area contributed by atoms with Gasteiger partial charge in [0.2, 0.25) is 17.7 Å². The van der Waals surface area contributed by atoms with Crippen molar-refractivity contribution >= 4 is 46.4 Å². The molecule has 0 aliphatic rings. The Morgan fingerprint density at radius 3 is 2.26 bits per heavy atom. The Morgan fingerprint density at radius 1 is 1.00 bits per heavy atom. The van der Waals surface area contributed by atoms with Crippen molar-refractivity contribution < 1.29 is 29.4 Å². The van der Waals surface area contributed by atoms with Crippen LogP contribution in [0.2, 0.25) is 0 Å². The number of H-pyrrole nitrogens is 1. The molecule has 1 aromatic carbocycles. The van der Waals surface area contributed by atoms with Crippen molar-refractivity contribution in [3.05, 3.63) is 36.0 Å². The zero-order valence-corrected chi connectivity index (χ0v) is 23.0. The van der Waals surface area contributed by atoms with E-state index in [2.05, 4.69) is 20.9 Å². The maximum Gasteiger partial charge on any atom is 0.326 e. The van der Waals surface area contributed by atoms with Gasteiger partial charge in [-0.2, -0.15) is 11.8 Å². The number of aliphatic hydroxyl groups is 1. The Morgan fingerprint density at radius 2 is 1.66 bits per heavy atom. The highest BCUT2D eigenvalue weighted by molar-refractivity contribution is 7.98. The number of carbonyl (C=O) groups is 4. The first-order chi connectivity index (χ1) is 17.9. The number of hydrogen-bond acceptors (Lipinski definition) is 7. The number of nitrogens with one attached hydrogen (secondary N) is 4. The molecule has 0 aliphatic carbocycles. The molecule has 3 amide bonds. The van der Waals surface area contributed by atoms with Gasteiger partial charge in [0.25, 0.3) is 0 Å². The minimum atomic E-state index is -1.34. The summed E-state index contributed by atoms with van der Waals surface area (Å²) in [6.07, 6.45) is 2.93. The molecule has 2 aromatic rings. The number of benzene rings is 1. The number of thioether (sulfide) groups is 1. The molecule has 0 fully saturated rings. The Bertz CT molecular complexity index is 1100. The summed E-state index contributed by atoms with van der Waals surface area (Å²) in [5.41, 5.74) is 7.48. The van der Waals surface area contributed by atoms with Crippen molar-refractivity contribution in [3.8, 4) is 0 Å². The second kappa shape index (κ2) is 14.7. The number of aromatic nitrogens is 1. The molecule has 8 N–H and O–H groups in total. The van der Waals surface area contributed by atoms with Gasteiger partial charge in [-0.1, -0.05) is 32.0 Å². The standard InChI is InChI=1S/C26H39N5O6S/c1-14(2)11-18(27)23(33)31-22(15(3)32)25(35)29-20(9-10-38-4)24(34)30-21(26(36)37)12-16-13-28-19-8-6-5-7-17(16)19/h5-8,13-15,18,20-22,28,32H,9-12,27H2,1-4H3,(H,29,35)(H,30,34)(H,31,33)(H,36,37). The summed E-state index contributed by atoms with van der Waals surface area (Å²) in [6.45, 7) is 5.16. The van der Waals surface area contributed by atoms with E-state index in [1.165, 1.54) is 18.7 Å². The van der Waals surface area contributed by atoms with Crippen LogP contribution in [0.25, 0.3) is 10.9 Å². The molecule has 1 aromatic heterocycles. The lowest BCUT2D eigenvalue weighted by Gasteiger charge is -2.26. The highest BCUT2D eigenvalue weighted by Crippen LogP contribution is 2.19. The number of aliphatic hydroxyl groups excluding tert-OH is 1. The predicted octanol–water partition coefficient (Wildman–Crippen LogP) is 0.757. The van der Waals surface area contributed by atoms with Crippen LogP contribution in [0.4, 0.5) is 0 Å². The van der Waals surface area contributed by atoms with E-state index in [4.69, 9.17) is 5.73 Å². The molecular formula is C26H39N5O6S. The van der Waals surface area contributed by atoms with E-state index < -0.39 is 54.0 Å². The number of fused-ring (bicyclic) bond motifs is 1. The van der Waals surface area contributed by atoms with Crippen LogP contribution in [-0.2, 0) is 25.6 Å². The number of aliphatic carboxylic acids is 1. The maximum absolute atomic E-state index is 13.2. The average molecular weight is 550 g/mol. The first-order valence-electron chi connectivity index (χ1n) is 12.6. The van der Waals surface area contributed by atoms with E-state index in [9.17, 15) is 29.4 Å². The predicted molar refractivity (Wildman–Crippen MR) is 148 cm³/mol. The highest BCUT2D eigenvalue weighted by atomic mass is 32.2. The van der Waals surface area contributed by atoms with Gasteiger partial charge >= 0.3 is 5.97 Å². The second-order valence-corrected chi connectivity index (χ2v) is 10.8. The molecule has 0 bridgehead atoms. The van der Waals surface area contributed by atoms with E-state index in [-0.39, 0.29) is 18.8 Å². The molecule has 12 heteroatoms. The first kappa shape index (κ1) is 31.1. The average Bonchev–Trinajstić information content (AvgIpc) is 3.26. The summed E-state index contributed by atoms with van der Waals surface area (Å²) in [7, 11) is 0. The van der Waals surface area contributed by atoms with Crippen molar-refractivity contribution in [3.63, 3.8) is 0 Å². The third-order valence-electron chi connectivity index (χ3n) is 6.08. The van der Waals surface area contributed by atoms with Crippen LogP contribution in [0.5, 0.6) is 0 Å². The molecular weight excluding hydrogens is 510 g/mol. The summed E-state index contributed by atoms with van der Waals surface area (Å²) in [5, 5.41) is 28.4. The van der Waals surface area contributed by atoms with E-state index >= 15 is 0 Å². The fourth-order valence-corrected chi connectivity index (χ4v) is 4.51. The SMILES string of the molecule is CSCCC(NC(=O)C(NC(=O)C(N)CC(C)C)C(C)O)C(=O)NC(Cc1c[nH]c2ccccc12)C(=O)O. The van der Waals surface area contributed by atoms with Crippen LogP contribution in [0.15, 0.2) is 30.5 Å². The zero-order valence-electron chi connectivity index (χ0n) is 22.2. The van der Waals surface area contributed by atoms with Crippen LogP contribution in [0.3, 0.4) is 0 Å². The molecule has 0 radical (unpaired) electrons. The van der Waals surface area contributed by atoms with Crippen molar-refractivity contribution in [1.82, 2.24) is 20.9 Å². The molecule has 38 heavy (non-hydrogen) atoms. The van der Waals surface area contributed by atoms with E-state index in [0.717, 1.165) is 16.5 Å². The molecule has 2 rings (SSSR count). The number of nitrogens with two attached hydrogens (primary N) is 1. The normalized spacial score (nSPS) is 15.3. The van der Waals surface area contributed by atoms with Gasteiger partial charge in [0.15, 0.2) is 0 Å². The molecule has 0 saturated carbocycles. The number of rotatable bonds is 15. The van der Waals surface area contributed by atoms with Crippen LogP contribution in [0.1, 0.15) is 39.2 Å². The van der Waals surface area contributed by atoms with Gasteiger partial charge in [0, 0.05) is 23.5 Å². The summed E-state index contributed by atoms with van der Waals surface area (Å²) < 4.78 is 0. The van der Waals surface area contributed by atoms with Gasteiger partial charge in [-0.15, -0.1) is 0 Å². The Labute approximate surface area is 226 Å². The van der Waals surface area contributed by atoms with Crippen LogP contribution in [0, 0.1) is 5.92 Å². The molecule has 0 saturated heterocycles. The second-order valence-electron chi connectivity index (χ2n) is 9.77. The topological polar surface area (TPSA) is 187 Å². The number of aromatic amines is 1. The van der Waals surface area contributed by atoms with Gasteiger partial charge < -0.3 is 36.9 Å². The quantitative estimate of drug-likeness (QED) is 0.170. The number of carboxylic acids is 1. The molecule has 0 spiro atoms. The van der Waals surface area contributed by atoms with Gasteiger partial charge in [-0.3, -0.25) is 14.4 Å². The highest BCUT2D eigenvalue weighted by Gasteiger charge is 2.32. The van der Waals surface area contributed by atoms with Crippen molar-refractivity contribution in [2.45, 2.75) is 70.3 Å². The fourth-order valence-electron chi connectivity index (χ4n) is 4.04. The zero-order chi connectivity index (χ0) is 28.4. The Kier molecular flexibility index (Phi) is 12.1. The smallest absolute Gasteiger partial charge is 0.326 e. The fraction of sp³-hybridized carbons (Fsp3) is 0.538. The number of hydrogen-bond donors (Lipinski definition) is 7. The third-order valence-corrected chi connectivity index (χ3v) is 6.73. The van der Waals surface area contributed by atoms with Gasteiger partial charge in [-0.05, 0) is 49.3 Å². The molecule has 11 nitrogen and oxygen atoms in total. The molecule has 1 heterocycles. The van der Waals surface area contributed by atoms with Crippen LogP contribution < -0.4 is 21.7 Å². The summed E-state index contributed by atoms with van der Waals surface area (Å²) in [4.78, 5) is 53.8. The lowest BCUT2D eigenvalue weighted by molar-refractivity contribution is -0.142. The number of para-hydroxylation sites is 1. The first-order valence-corrected chi connectivity index (χ1v) is 13.9. The van der Waals surface area contributed by atoms with E-state index in [1.54, 1.807) is 6.20 Å². The summed E-state index contributed by atoms with van der Waals surface area (Å²) in [6, 6.07) is 2.91. The van der Waals surface area contributed by atoms with Crippen LogP contribution in [-0.4, -0.2) is 81.2 Å². The van der Waals surface area contributed by atoms with Gasteiger partial charge in [0.1, 0.15) is 18.1 Å². The summed E-state index contributed by atoms with van der Waals surface area (Å²) in [5.74, 6) is -2.59. The molecule has 5 atom stereocenters. The lowest BCUT2D eigenvalue weighted by Crippen LogP contribution is -2.60. The van der Waals surface area contributed by atoms with Crippen molar-refractivity contribution in [2.75, 3.05) is 12.0 Å². The van der Waals surface area contributed by atoms with E-state index in [1.807, 2.05) is 44.4 Å². The number of carboxylic acid groups (broad SMARTS) is 1. The lowest BCUT2D eigenvalue weighted by atomic mass is 10.0.